The van der Waals surface area contributed by atoms with Gasteiger partial charge < -0.3 is 20.1 Å². The van der Waals surface area contributed by atoms with Gasteiger partial charge in [-0.05, 0) is 31.9 Å². The third-order valence-corrected chi connectivity index (χ3v) is 4.17. The number of ether oxygens (including phenoxy) is 2. The predicted octanol–water partition coefficient (Wildman–Crippen LogP) is 3.42. The molecule has 1 aliphatic heterocycles. The van der Waals surface area contributed by atoms with E-state index in [9.17, 15) is 13.2 Å². The molecular weight excluding hydrogens is 359 g/mol. The van der Waals surface area contributed by atoms with Crippen LogP contribution in [0.1, 0.15) is 30.9 Å². The molecule has 27 heavy (non-hydrogen) atoms. The lowest BCUT2D eigenvalue weighted by atomic mass is 10.1. The van der Waals surface area contributed by atoms with Crippen LogP contribution in [0.25, 0.3) is 0 Å². The maximum atomic E-state index is 12.3. The summed E-state index contributed by atoms with van der Waals surface area (Å²) < 4.78 is 48.3. The van der Waals surface area contributed by atoms with Crippen LogP contribution in [0.4, 0.5) is 13.2 Å². The molecule has 2 N–H and O–H groups in total. The van der Waals surface area contributed by atoms with Crippen LogP contribution >= 0.6 is 0 Å². The molecule has 5 nitrogen and oxygen atoms in total. The fourth-order valence-corrected chi connectivity index (χ4v) is 2.68. The highest BCUT2D eigenvalue weighted by Gasteiger charge is 2.26. The van der Waals surface area contributed by atoms with Crippen LogP contribution in [-0.2, 0) is 11.3 Å². The molecule has 1 fully saturated rings. The molecule has 0 bridgehead atoms. The molecule has 0 aliphatic carbocycles. The number of halogens is 3. The Bertz CT molecular complexity index is 615. The number of rotatable bonds is 8. The Morgan fingerprint density at radius 1 is 1.33 bits per heavy atom. The molecule has 1 saturated heterocycles. The first-order valence-corrected chi connectivity index (χ1v) is 9.26. The van der Waals surface area contributed by atoms with Gasteiger partial charge in [0, 0.05) is 31.2 Å². The van der Waals surface area contributed by atoms with E-state index in [0.717, 1.165) is 29.9 Å². The largest absolute Gasteiger partial charge is 0.493 e. The van der Waals surface area contributed by atoms with E-state index < -0.39 is 12.6 Å². The molecule has 152 valence electrons. The van der Waals surface area contributed by atoms with Gasteiger partial charge in [0.15, 0.2) is 5.96 Å². The molecule has 1 aromatic carbocycles. The Balaban J connectivity index is 1.98. The van der Waals surface area contributed by atoms with Gasteiger partial charge in [0.1, 0.15) is 5.75 Å². The van der Waals surface area contributed by atoms with E-state index in [1.165, 1.54) is 0 Å². The number of guanidine groups is 1. The summed E-state index contributed by atoms with van der Waals surface area (Å²) in [5.74, 6) is 1.51. The van der Waals surface area contributed by atoms with Gasteiger partial charge in [-0.1, -0.05) is 12.1 Å². The van der Waals surface area contributed by atoms with Gasteiger partial charge in [-0.3, -0.25) is 0 Å². The molecule has 0 saturated carbocycles. The quantitative estimate of drug-likeness (QED) is 0.530. The molecule has 1 heterocycles. The van der Waals surface area contributed by atoms with Crippen molar-refractivity contribution in [2.24, 2.45) is 10.9 Å². The zero-order chi connectivity index (χ0) is 19.7. The molecule has 1 unspecified atom stereocenters. The number of aliphatic imine (C=N–C) groups is 1. The number of nitrogens with zero attached hydrogens (tertiary/aromatic N) is 1. The summed E-state index contributed by atoms with van der Waals surface area (Å²) in [4.78, 5) is 4.40. The van der Waals surface area contributed by atoms with Crippen molar-refractivity contribution >= 4 is 5.96 Å². The van der Waals surface area contributed by atoms with Crippen molar-refractivity contribution in [1.82, 2.24) is 10.6 Å². The third kappa shape index (κ3) is 8.07. The second kappa shape index (κ2) is 10.4. The molecular formula is C19H28F3N3O2. The lowest BCUT2D eigenvalue weighted by molar-refractivity contribution is -0.132. The normalized spacial score (nSPS) is 17.8. The van der Waals surface area contributed by atoms with Crippen LogP contribution in [0.3, 0.4) is 0 Å². The zero-order valence-electron chi connectivity index (χ0n) is 15.9. The molecule has 0 radical (unpaired) electrons. The average molecular weight is 387 g/mol. The highest BCUT2D eigenvalue weighted by molar-refractivity contribution is 5.79. The van der Waals surface area contributed by atoms with Gasteiger partial charge in [0.25, 0.3) is 0 Å². The van der Waals surface area contributed by atoms with Crippen molar-refractivity contribution in [3.05, 3.63) is 29.3 Å². The van der Waals surface area contributed by atoms with E-state index in [1.807, 2.05) is 32.0 Å². The minimum Gasteiger partial charge on any atom is -0.493 e. The standard InChI is InChI=1S/C19H28F3N3O2/c1-3-23-18(24-8-7-19(20,21)22)25-11-16-5-4-14(2)10-17(16)27-13-15-6-9-26-12-15/h4-5,10,15H,3,6-9,11-13H2,1-2H3,(H2,23,24,25). The second-order valence-electron chi connectivity index (χ2n) is 6.64. The fourth-order valence-electron chi connectivity index (χ4n) is 2.68. The van der Waals surface area contributed by atoms with Crippen LogP contribution in [0.2, 0.25) is 0 Å². The lowest BCUT2D eigenvalue weighted by Crippen LogP contribution is -2.38. The van der Waals surface area contributed by atoms with Gasteiger partial charge in [0.2, 0.25) is 0 Å². The summed E-state index contributed by atoms with van der Waals surface area (Å²) in [6.07, 6.45) is -4.10. The SMILES string of the molecule is CCNC(=NCc1ccc(C)cc1OCC1CCOC1)NCCC(F)(F)F. The monoisotopic (exact) mass is 387 g/mol. The molecule has 1 aromatic rings. The van der Waals surface area contributed by atoms with E-state index in [4.69, 9.17) is 9.47 Å². The molecule has 0 aromatic heterocycles. The molecule has 1 aliphatic rings. The first-order chi connectivity index (χ1) is 12.9. The molecule has 0 spiro atoms. The summed E-state index contributed by atoms with van der Waals surface area (Å²) in [7, 11) is 0. The van der Waals surface area contributed by atoms with Crippen LogP contribution in [0.5, 0.6) is 5.75 Å². The van der Waals surface area contributed by atoms with Crippen LogP contribution < -0.4 is 15.4 Å². The van der Waals surface area contributed by atoms with Crippen molar-refractivity contribution in [2.45, 2.75) is 39.4 Å². The summed E-state index contributed by atoms with van der Waals surface area (Å²) >= 11 is 0. The van der Waals surface area contributed by atoms with Gasteiger partial charge in [-0.25, -0.2) is 4.99 Å². The Morgan fingerprint density at radius 3 is 2.81 bits per heavy atom. The molecule has 2 rings (SSSR count). The molecule has 0 amide bonds. The maximum Gasteiger partial charge on any atom is 0.390 e. The van der Waals surface area contributed by atoms with Crippen molar-refractivity contribution in [2.75, 3.05) is 32.9 Å². The third-order valence-electron chi connectivity index (χ3n) is 4.17. The average Bonchev–Trinajstić information content (AvgIpc) is 3.11. The summed E-state index contributed by atoms with van der Waals surface area (Å²) in [6, 6.07) is 5.88. The predicted molar refractivity (Wildman–Crippen MR) is 99.1 cm³/mol. The number of alkyl halides is 3. The van der Waals surface area contributed by atoms with Gasteiger partial charge in [-0.2, -0.15) is 13.2 Å². The smallest absolute Gasteiger partial charge is 0.390 e. The number of hydrogen-bond donors (Lipinski definition) is 2. The first-order valence-electron chi connectivity index (χ1n) is 9.26. The fraction of sp³-hybridized carbons (Fsp3) is 0.632. The minimum atomic E-state index is -4.19. The van der Waals surface area contributed by atoms with Crippen LogP contribution in [0, 0.1) is 12.8 Å². The second-order valence-corrected chi connectivity index (χ2v) is 6.64. The Morgan fingerprint density at radius 2 is 2.15 bits per heavy atom. The topological polar surface area (TPSA) is 54.9 Å². The van der Waals surface area contributed by atoms with Crippen molar-refractivity contribution in [1.29, 1.82) is 0 Å². The van der Waals surface area contributed by atoms with Gasteiger partial charge in [-0.15, -0.1) is 0 Å². The van der Waals surface area contributed by atoms with E-state index in [-0.39, 0.29) is 6.54 Å². The zero-order valence-corrected chi connectivity index (χ0v) is 15.9. The van der Waals surface area contributed by atoms with E-state index in [0.29, 0.717) is 38.2 Å². The molecule has 1 atom stereocenters. The number of aryl methyl sites for hydroxylation is 1. The number of hydrogen-bond acceptors (Lipinski definition) is 3. The van der Waals surface area contributed by atoms with Crippen molar-refractivity contribution in [3.63, 3.8) is 0 Å². The van der Waals surface area contributed by atoms with E-state index in [2.05, 4.69) is 15.6 Å². The minimum absolute atomic E-state index is 0.214. The Kier molecular flexibility index (Phi) is 8.22. The number of benzene rings is 1. The van der Waals surface area contributed by atoms with Crippen LogP contribution in [0.15, 0.2) is 23.2 Å². The van der Waals surface area contributed by atoms with Crippen molar-refractivity contribution < 1.29 is 22.6 Å². The summed E-state index contributed by atoms with van der Waals surface area (Å²) in [5, 5.41) is 5.68. The van der Waals surface area contributed by atoms with Gasteiger partial charge >= 0.3 is 6.18 Å². The van der Waals surface area contributed by atoms with E-state index in [1.54, 1.807) is 0 Å². The highest BCUT2D eigenvalue weighted by Crippen LogP contribution is 2.23. The lowest BCUT2D eigenvalue weighted by Gasteiger charge is -2.15. The maximum absolute atomic E-state index is 12.3. The summed E-state index contributed by atoms with van der Waals surface area (Å²) in [6.45, 7) is 6.60. The summed E-state index contributed by atoms with van der Waals surface area (Å²) in [5.41, 5.74) is 1.98. The van der Waals surface area contributed by atoms with E-state index >= 15 is 0 Å². The number of nitrogens with one attached hydrogen (secondary N) is 2. The van der Waals surface area contributed by atoms with Gasteiger partial charge in [0.05, 0.1) is 26.2 Å². The van der Waals surface area contributed by atoms with Crippen LogP contribution in [-0.4, -0.2) is 45.0 Å². The first kappa shape index (κ1) is 21.3. The Hall–Kier alpha value is -1.96. The Labute approximate surface area is 158 Å². The van der Waals surface area contributed by atoms with Crippen molar-refractivity contribution in [3.8, 4) is 5.75 Å². The highest BCUT2D eigenvalue weighted by atomic mass is 19.4. The molecule has 8 heteroatoms.